The van der Waals surface area contributed by atoms with E-state index < -0.39 is 0 Å². The summed E-state index contributed by atoms with van der Waals surface area (Å²) in [5.74, 6) is -0.699. The summed E-state index contributed by atoms with van der Waals surface area (Å²) in [6.07, 6.45) is 5.73. The smallest absolute Gasteiger partial charge is 0.299 e. The van der Waals surface area contributed by atoms with E-state index in [1.165, 1.54) is 19.3 Å². The van der Waals surface area contributed by atoms with E-state index in [1.807, 2.05) is 26.0 Å². The molecule has 0 atom stereocenters. The van der Waals surface area contributed by atoms with Crippen LogP contribution in [-0.2, 0) is 4.79 Å². The first kappa shape index (κ1) is 14.8. The van der Waals surface area contributed by atoms with Crippen LogP contribution in [0.1, 0.15) is 60.5 Å². The third-order valence-corrected chi connectivity index (χ3v) is 3.90. The van der Waals surface area contributed by atoms with Crippen LogP contribution in [0, 0.1) is 13.8 Å². The molecular formula is C17H23NO2. The Kier molecular flexibility index (Phi) is 4.58. The molecule has 1 aliphatic rings. The van der Waals surface area contributed by atoms with Gasteiger partial charge in [0.05, 0.1) is 11.3 Å². The highest BCUT2D eigenvalue weighted by Gasteiger charge is 2.36. The summed E-state index contributed by atoms with van der Waals surface area (Å²) in [6.45, 7) is 6.75. The molecule has 0 radical (unpaired) electrons. The minimum atomic E-state index is -0.357. The zero-order valence-corrected chi connectivity index (χ0v) is 12.7. The van der Waals surface area contributed by atoms with Gasteiger partial charge in [0.1, 0.15) is 0 Å². The summed E-state index contributed by atoms with van der Waals surface area (Å²) in [5, 5.41) is 0. The van der Waals surface area contributed by atoms with Crippen LogP contribution >= 0.6 is 0 Å². The number of fused-ring (bicyclic) bond motifs is 1. The van der Waals surface area contributed by atoms with Crippen LogP contribution in [0.2, 0.25) is 0 Å². The van der Waals surface area contributed by atoms with Gasteiger partial charge in [0.15, 0.2) is 0 Å². The molecule has 0 fully saturated rings. The van der Waals surface area contributed by atoms with Gasteiger partial charge >= 0.3 is 0 Å². The molecule has 0 spiro atoms. The van der Waals surface area contributed by atoms with Gasteiger partial charge in [-0.25, -0.2) is 0 Å². The molecular weight excluding hydrogens is 250 g/mol. The Morgan fingerprint density at radius 2 is 1.70 bits per heavy atom. The average molecular weight is 273 g/mol. The molecule has 1 aliphatic heterocycles. The molecule has 0 saturated carbocycles. The van der Waals surface area contributed by atoms with Crippen molar-refractivity contribution in [2.24, 2.45) is 0 Å². The van der Waals surface area contributed by atoms with Gasteiger partial charge in [-0.1, -0.05) is 38.7 Å². The van der Waals surface area contributed by atoms with E-state index in [2.05, 4.69) is 6.92 Å². The molecule has 0 aliphatic carbocycles. The lowest BCUT2D eigenvalue weighted by Gasteiger charge is -2.17. The van der Waals surface area contributed by atoms with Gasteiger partial charge in [-0.2, -0.15) is 0 Å². The predicted molar refractivity (Wildman–Crippen MR) is 81.4 cm³/mol. The number of carbonyl (C=O) groups is 2. The van der Waals surface area contributed by atoms with Crippen molar-refractivity contribution in [3.63, 3.8) is 0 Å². The highest BCUT2D eigenvalue weighted by atomic mass is 16.2. The van der Waals surface area contributed by atoms with Crippen molar-refractivity contribution in [3.05, 3.63) is 28.8 Å². The highest BCUT2D eigenvalue weighted by molar-refractivity contribution is 6.52. The van der Waals surface area contributed by atoms with Crippen LogP contribution in [0.15, 0.2) is 12.1 Å². The van der Waals surface area contributed by atoms with Gasteiger partial charge in [-0.15, -0.1) is 0 Å². The first-order valence-electron chi connectivity index (χ1n) is 7.53. The van der Waals surface area contributed by atoms with Crippen molar-refractivity contribution >= 4 is 17.4 Å². The molecule has 0 N–H and O–H groups in total. The number of carbonyl (C=O) groups excluding carboxylic acids is 2. The SMILES string of the molecule is CCCCCCCN1C(=O)C(=O)c2c(C)cc(C)cc21. The number of unbranched alkanes of at least 4 members (excludes halogenated alkanes) is 4. The molecule has 1 aromatic rings. The topological polar surface area (TPSA) is 37.4 Å². The summed E-state index contributed by atoms with van der Waals surface area (Å²) < 4.78 is 0. The maximum atomic E-state index is 12.1. The van der Waals surface area contributed by atoms with E-state index in [0.717, 1.165) is 29.7 Å². The second-order valence-electron chi connectivity index (χ2n) is 5.68. The number of rotatable bonds is 6. The monoisotopic (exact) mass is 273 g/mol. The van der Waals surface area contributed by atoms with E-state index in [4.69, 9.17) is 0 Å². The Morgan fingerprint density at radius 1 is 1.00 bits per heavy atom. The predicted octanol–water partition coefficient (Wildman–Crippen LogP) is 3.80. The van der Waals surface area contributed by atoms with Crippen molar-refractivity contribution in [3.8, 4) is 0 Å². The first-order chi connectivity index (χ1) is 9.56. The van der Waals surface area contributed by atoms with Crippen molar-refractivity contribution in [1.82, 2.24) is 0 Å². The standard InChI is InChI=1S/C17H23NO2/c1-4-5-6-7-8-9-18-14-11-12(2)10-13(3)15(14)16(19)17(18)20/h10-11H,4-9H2,1-3H3. The lowest BCUT2D eigenvalue weighted by Crippen LogP contribution is -2.30. The second-order valence-corrected chi connectivity index (χ2v) is 5.68. The molecule has 1 heterocycles. The average Bonchev–Trinajstić information content (AvgIpc) is 2.63. The zero-order valence-electron chi connectivity index (χ0n) is 12.7. The van der Waals surface area contributed by atoms with E-state index >= 15 is 0 Å². The fraction of sp³-hybridized carbons (Fsp3) is 0.529. The van der Waals surface area contributed by atoms with Gasteiger partial charge in [0, 0.05) is 6.54 Å². The summed E-state index contributed by atoms with van der Waals surface area (Å²) in [7, 11) is 0. The molecule has 3 heteroatoms. The molecule has 108 valence electrons. The minimum Gasteiger partial charge on any atom is -0.305 e. The van der Waals surface area contributed by atoms with Crippen LogP contribution < -0.4 is 4.90 Å². The van der Waals surface area contributed by atoms with Gasteiger partial charge < -0.3 is 4.90 Å². The van der Waals surface area contributed by atoms with E-state index in [9.17, 15) is 9.59 Å². The Bertz CT molecular complexity index is 534. The molecule has 2 rings (SSSR count). The Hall–Kier alpha value is -1.64. The molecule has 20 heavy (non-hydrogen) atoms. The van der Waals surface area contributed by atoms with E-state index in [-0.39, 0.29) is 11.7 Å². The number of nitrogens with zero attached hydrogens (tertiary/aromatic N) is 1. The fourth-order valence-corrected chi connectivity index (χ4v) is 2.89. The van der Waals surface area contributed by atoms with Crippen LogP contribution in [0.3, 0.4) is 0 Å². The Balaban J connectivity index is 2.12. The number of aryl methyl sites for hydroxylation is 2. The maximum absolute atomic E-state index is 12.1. The van der Waals surface area contributed by atoms with Crippen molar-refractivity contribution < 1.29 is 9.59 Å². The largest absolute Gasteiger partial charge is 0.305 e. The van der Waals surface area contributed by atoms with Crippen LogP contribution in [0.5, 0.6) is 0 Å². The Morgan fingerprint density at radius 3 is 2.40 bits per heavy atom. The Labute approximate surface area is 121 Å². The molecule has 1 amide bonds. The zero-order chi connectivity index (χ0) is 14.7. The number of amides is 1. The third-order valence-electron chi connectivity index (χ3n) is 3.90. The highest BCUT2D eigenvalue weighted by Crippen LogP contribution is 2.32. The van der Waals surface area contributed by atoms with E-state index in [0.29, 0.717) is 12.1 Å². The summed E-state index contributed by atoms with van der Waals surface area (Å²) >= 11 is 0. The first-order valence-corrected chi connectivity index (χ1v) is 7.53. The van der Waals surface area contributed by atoms with Gasteiger partial charge in [-0.3, -0.25) is 9.59 Å². The third kappa shape index (κ3) is 2.77. The minimum absolute atomic E-state index is 0.342. The lowest BCUT2D eigenvalue weighted by molar-refractivity contribution is -0.114. The molecule has 0 saturated heterocycles. The van der Waals surface area contributed by atoms with Gasteiger partial charge in [-0.05, 0) is 37.5 Å². The molecule has 0 unspecified atom stereocenters. The number of hydrogen-bond acceptors (Lipinski definition) is 2. The quantitative estimate of drug-likeness (QED) is 0.584. The number of ketones is 1. The summed E-state index contributed by atoms with van der Waals surface area (Å²) in [6, 6.07) is 3.92. The van der Waals surface area contributed by atoms with Crippen molar-refractivity contribution in [2.75, 3.05) is 11.4 Å². The fourth-order valence-electron chi connectivity index (χ4n) is 2.89. The van der Waals surface area contributed by atoms with Crippen LogP contribution in [0.25, 0.3) is 0 Å². The van der Waals surface area contributed by atoms with E-state index in [1.54, 1.807) is 4.90 Å². The van der Waals surface area contributed by atoms with Crippen LogP contribution in [0.4, 0.5) is 5.69 Å². The van der Waals surface area contributed by atoms with Crippen molar-refractivity contribution in [2.45, 2.75) is 52.9 Å². The molecule has 0 bridgehead atoms. The van der Waals surface area contributed by atoms with Crippen LogP contribution in [-0.4, -0.2) is 18.2 Å². The van der Waals surface area contributed by atoms with Crippen molar-refractivity contribution in [1.29, 1.82) is 0 Å². The molecule has 3 nitrogen and oxygen atoms in total. The molecule has 0 aromatic heterocycles. The normalized spacial score (nSPS) is 14.1. The maximum Gasteiger partial charge on any atom is 0.299 e. The number of hydrogen-bond donors (Lipinski definition) is 0. The number of benzene rings is 1. The second kappa shape index (κ2) is 6.21. The summed E-state index contributed by atoms with van der Waals surface area (Å²) in [4.78, 5) is 25.9. The molecule has 1 aromatic carbocycles. The van der Waals surface area contributed by atoms with Gasteiger partial charge in [0.2, 0.25) is 0 Å². The lowest BCUT2D eigenvalue weighted by atomic mass is 10.0. The number of Topliss-reactive ketones (excluding diaryl/α,β-unsaturated/α-hetero) is 1. The summed E-state index contributed by atoms with van der Waals surface area (Å²) in [5.41, 5.74) is 3.42. The number of anilines is 1. The van der Waals surface area contributed by atoms with Gasteiger partial charge in [0.25, 0.3) is 11.7 Å².